The average molecular weight is 405 g/mol. The summed E-state index contributed by atoms with van der Waals surface area (Å²) in [5.74, 6) is 0.177. The topological polar surface area (TPSA) is 67.1 Å². The van der Waals surface area contributed by atoms with Crippen molar-refractivity contribution in [3.8, 4) is 0 Å². The number of carbonyl (C=O) groups excluding carboxylic acids is 2. The second kappa shape index (κ2) is 9.72. The van der Waals surface area contributed by atoms with E-state index in [-0.39, 0.29) is 23.4 Å². The highest BCUT2D eigenvalue weighted by Gasteiger charge is 2.30. The van der Waals surface area contributed by atoms with Gasteiger partial charge in [0, 0.05) is 17.6 Å². The van der Waals surface area contributed by atoms with Crippen molar-refractivity contribution in [1.82, 2.24) is 5.32 Å². The highest BCUT2D eigenvalue weighted by atomic mass is 16.2. The number of benzene rings is 1. The van der Waals surface area contributed by atoms with Crippen LogP contribution in [0.4, 0.5) is 5.69 Å². The molecule has 1 heterocycles. The van der Waals surface area contributed by atoms with Crippen LogP contribution in [0.25, 0.3) is 0 Å². The summed E-state index contributed by atoms with van der Waals surface area (Å²) < 4.78 is 0. The Morgan fingerprint density at radius 3 is 2.24 bits per heavy atom. The number of quaternary nitrogens is 2. The molecular formula is C23H40N4O2+2. The van der Waals surface area contributed by atoms with Gasteiger partial charge in [0.05, 0.1) is 13.1 Å². The molecule has 0 radical (unpaired) electrons. The molecule has 0 aromatic heterocycles. The van der Waals surface area contributed by atoms with E-state index in [2.05, 4.69) is 29.7 Å². The molecule has 1 fully saturated rings. The third-order valence-corrected chi connectivity index (χ3v) is 5.68. The number of rotatable bonds is 5. The molecule has 6 heteroatoms. The van der Waals surface area contributed by atoms with Gasteiger partial charge in [-0.25, -0.2) is 0 Å². The van der Waals surface area contributed by atoms with Crippen LogP contribution < -0.4 is 20.4 Å². The Bertz CT molecular complexity index is 716. The second-order valence-corrected chi connectivity index (χ2v) is 9.72. The molecular weight excluding hydrogens is 364 g/mol. The van der Waals surface area contributed by atoms with E-state index >= 15 is 0 Å². The maximum Gasteiger partial charge on any atom is 0.282 e. The van der Waals surface area contributed by atoms with Crippen molar-refractivity contribution in [1.29, 1.82) is 0 Å². The van der Waals surface area contributed by atoms with Gasteiger partial charge in [-0.3, -0.25) is 9.59 Å². The molecule has 0 saturated carbocycles. The molecule has 29 heavy (non-hydrogen) atoms. The van der Waals surface area contributed by atoms with Crippen molar-refractivity contribution in [3.63, 3.8) is 0 Å². The molecule has 1 aliphatic heterocycles. The molecule has 0 spiro atoms. The molecule has 2 unspecified atom stereocenters. The molecule has 0 bridgehead atoms. The van der Waals surface area contributed by atoms with Crippen LogP contribution in [0.2, 0.25) is 0 Å². The van der Waals surface area contributed by atoms with Crippen LogP contribution in [-0.2, 0) is 9.59 Å². The maximum absolute atomic E-state index is 12.9. The van der Waals surface area contributed by atoms with Gasteiger partial charge in [-0.1, -0.05) is 17.7 Å². The van der Waals surface area contributed by atoms with Gasteiger partial charge in [0.15, 0.2) is 12.6 Å². The third-order valence-electron chi connectivity index (χ3n) is 5.68. The van der Waals surface area contributed by atoms with Gasteiger partial charge >= 0.3 is 0 Å². The lowest BCUT2D eigenvalue weighted by atomic mass is 10.0. The summed E-state index contributed by atoms with van der Waals surface area (Å²) in [6.45, 7) is 18.5. The summed E-state index contributed by atoms with van der Waals surface area (Å²) >= 11 is 0. The minimum absolute atomic E-state index is 0.0731. The Labute approximate surface area is 176 Å². The summed E-state index contributed by atoms with van der Waals surface area (Å²) in [7, 11) is 0. The van der Waals surface area contributed by atoms with Crippen molar-refractivity contribution in [2.45, 2.75) is 66.5 Å². The highest BCUT2D eigenvalue weighted by Crippen LogP contribution is 2.21. The largest absolute Gasteiger partial charge is 0.347 e. The molecule has 0 aliphatic carbocycles. The molecule has 4 N–H and O–H groups in total. The number of hydrogen-bond donors (Lipinski definition) is 4. The van der Waals surface area contributed by atoms with Crippen LogP contribution in [-0.4, -0.2) is 56.1 Å². The normalized spacial score (nSPS) is 21.2. The molecule has 2 rings (SSSR count). The van der Waals surface area contributed by atoms with E-state index in [0.717, 1.165) is 49.4 Å². The van der Waals surface area contributed by atoms with Crippen LogP contribution >= 0.6 is 0 Å². The van der Waals surface area contributed by atoms with E-state index in [9.17, 15) is 9.59 Å². The molecule has 2 amide bonds. The highest BCUT2D eigenvalue weighted by molar-refractivity contribution is 5.95. The smallest absolute Gasteiger partial charge is 0.282 e. The van der Waals surface area contributed by atoms with Gasteiger partial charge in [0.25, 0.3) is 11.8 Å². The predicted molar refractivity (Wildman–Crippen MR) is 118 cm³/mol. The first-order valence-electron chi connectivity index (χ1n) is 10.8. The standard InChI is InChI=1S/C23H38N4O2/c1-16-13-17(2)21(18(3)14-16)24-22(29)19(4)27-10-8-9-26(11-12-27)15-20(28)25-23(5,6)7/h13-14,19H,8-12,15H2,1-7H3,(H,24,29)(H,25,28)/p+2/t19-/m1/s1. The summed E-state index contributed by atoms with van der Waals surface area (Å²) in [6.07, 6.45) is 1.02. The maximum atomic E-state index is 12.9. The second-order valence-electron chi connectivity index (χ2n) is 9.72. The number of amides is 2. The average Bonchev–Trinajstić information content (AvgIpc) is 2.81. The Balaban J connectivity index is 1.92. The van der Waals surface area contributed by atoms with Gasteiger partial charge in [0.2, 0.25) is 0 Å². The number of carbonyl (C=O) groups is 2. The third kappa shape index (κ3) is 7.12. The van der Waals surface area contributed by atoms with E-state index in [1.807, 2.05) is 41.5 Å². The number of hydrogen-bond acceptors (Lipinski definition) is 2. The minimum Gasteiger partial charge on any atom is -0.347 e. The molecule has 3 atom stereocenters. The van der Waals surface area contributed by atoms with E-state index in [4.69, 9.17) is 0 Å². The van der Waals surface area contributed by atoms with E-state index in [1.165, 1.54) is 15.4 Å². The molecule has 1 aromatic carbocycles. The van der Waals surface area contributed by atoms with Crippen molar-refractivity contribution < 1.29 is 19.4 Å². The summed E-state index contributed by atoms with van der Waals surface area (Å²) in [6, 6.07) is 4.10. The van der Waals surface area contributed by atoms with E-state index in [0.29, 0.717) is 6.54 Å². The lowest BCUT2D eigenvalue weighted by molar-refractivity contribution is -0.942. The van der Waals surface area contributed by atoms with Crippen LogP contribution in [0.1, 0.15) is 50.8 Å². The lowest BCUT2D eigenvalue weighted by Gasteiger charge is -2.24. The van der Waals surface area contributed by atoms with E-state index < -0.39 is 0 Å². The zero-order valence-electron chi connectivity index (χ0n) is 19.3. The first kappa shape index (κ1) is 23.4. The molecule has 1 aliphatic rings. The van der Waals surface area contributed by atoms with Crippen molar-refractivity contribution >= 4 is 17.5 Å². The monoisotopic (exact) mass is 404 g/mol. The van der Waals surface area contributed by atoms with Crippen LogP contribution in [0.15, 0.2) is 12.1 Å². The van der Waals surface area contributed by atoms with Crippen LogP contribution in [0.5, 0.6) is 0 Å². The van der Waals surface area contributed by atoms with Gasteiger partial charge in [-0.05, 0) is 59.6 Å². The van der Waals surface area contributed by atoms with Gasteiger partial charge in [-0.15, -0.1) is 0 Å². The van der Waals surface area contributed by atoms with Crippen LogP contribution in [0.3, 0.4) is 0 Å². The van der Waals surface area contributed by atoms with Gasteiger partial charge in [-0.2, -0.15) is 0 Å². The molecule has 6 nitrogen and oxygen atoms in total. The van der Waals surface area contributed by atoms with E-state index in [1.54, 1.807) is 0 Å². The molecule has 1 saturated heterocycles. The minimum atomic E-state index is -0.196. The summed E-state index contributed by atoms with van der Waals surface area (Å²) in [5.41, 5.74) is 4.16. The number of anilines is 1. The summed E-state index contributed by atoms with van der Waals surface area (Å²) in [4.78, 5) is 27.8. The first-order valence-corrected chi connectivity index (χ1v) is 10.8. The van der Waals surface area contributed by atoms with Crippen molar-refractivity contribution in [3.05, 3.63) is 28.8 Å². The quantitative estimate of drug-likeness (QED) is 0.559. The van der Waals surface area contributed by atoms with Crippen molar-refractivity contribution in [2.75, 3.05) is 38.0 Å². The fourth-order valence-electron chi connectivity index (χ4n) is 4.25. The predicted octanol–water partition coefficient (Wildman–Crippen LogP) is 0.0271. The Morgan fingerprint density at radius 1 is 1.03 bits per heavy atom. The van der Waals surface area contributed by atoms with Crippen molar-refractivity contribution in [2.24, 2.45) is 0 Å². The molecule has 162 valence electrons. The van der Waals surface area contributed by atoms with Gasteiger partial charge in [0.1, 0.15) is 13.1 Å². The SMILES string of the molecule is Cc1cc(C)c(NC(=O)[C@@H](C)[NH+]2CCC[NH+](CC(=O)NC(C)(C)C)CC2)c(C)c1. The first-order chi connectivity index (χ1) is 13.5. The zero-order valence-corrected chi connectivity index (χ0v) is 19.3. The Kier molecular flexibility index (Phi) is 7.83. The lowest BCUT2D eigenvalue weighted by Crippen LogP contribution is -3.20. The summed E-state index contributed by atoms with van der Waals surface area (Å²) in [5, 5.41) is 6.21. The fourth-order valence-corrected chi connectivity index (χ4v) is 4.25. The van der Waals surface area contributed by atoms with Crippen LogP contribution in [0, 0.1) is 20.8 Å². The Hall–Kier alpha value is -1.92. The number of aryl methyl sites for hydroxylation is 3. The fraction of sp³-hybridized carbons (Fsp3) is 0.652. The van der Waals surface area contributed by atoms with Gasteiger partial charge < -0.3 is 20.4 Å². The molecule has 1 aromatic rings. The zero-order chi connectivity index (χ0) is 21.8. The Morgan fingerprint density at radius 2 is 1.66 bits per heavy atom. The number of nitrogens with one attached hydrogen (secondary N) is 4.